The zero-order valence-electron chi connectivity index (χ0n) is 7.03. The van der Waals surface area contributed by atoms with Gasteiger partial charge in [-0.15, -0.1) is 0 Å². The predicted molar refractivity (Wildman–Crippen MR) is 43.5 cm³/mol. The van der Waals surface area contributed by atoms with E-state index < -0.39 is 0 Å². The number of fused-ring (bicyclic) bond motifs is 1. The number of nitrogens with zero attached hydrogens (tertiary/aromatic N) is 1. The molecule has 2 unspecified atom stereocenters. The highest BCUT2D eigenvalue weighted by atomic mass is 16.5. The van der Waals surface area contributed by atoms with Gasteiger partial charge in [-0.05, 0) is 6.42 Å². The molecule has 2 aliphatic rings. The Balaban J connectivity index is 2.11. The SMILES string of the molecule is NC1CCC(=O)N2CCOCC12. The monoisotopic (exact) mass is 170 g/mol. The van der Waals surface area contributed by atoms with Crippen molar-refractivity contribution < 1.29 is 9.53 Å². The maximum absolute atomic E-state index is 11.4. The Bertz CT molecular complexity index is 195. The van der Waals surface area contributed by atoms with E-state index in [9.17, 15) is 4.79 Å². The van der Waals surface area contributed by atoms with Gasteiger partial charge in [-0.25, -0.2) is 0 Å². The molecule has 2 N–H and O–H groups in total. The highest BCUT2D eigenvalue weighted by Crippen LogP contribution is 2.19. The normalized spacial score (nSPS) is 36.4. The second-order valence-electron chi connectivity index (χ2n) is 3.43. The third-order valence-electron chi connectivity index (χ3n) is 2.67. The van der Waals surface area contributed by atoms with Gasteiger partial charge in [-0.1, -0.05) is 0 Å². The fraction of sp³-hybridized carbons (Fsp3) is 0.875. The Hall–Kier alpha value is -0.610. The summed E-state index contributed by atoms with van der Waals surface area (Å²) in [6, 6.07) is 0.253. The first kappa shape index (κ1) is 8.01. The van der Waals surface area contributed by atoms with Crippen LogP contribution in [0.2, 0.25) is 0 Å². The number of hydrogen-bond donors (Lipinski definition) is 1. The Kier molecular flexibility index (Phi) is 2.02. The lowest BCUT2D eigenvalue weighted by Gasteiger charge is -2.42. The average Bonchev–Trinajstić information content (AvgIpc) is 2.12. The lowest BCUT2D eigenvalue weighted by Crippen LogP contribution is -2.59. The summed E-state index contributed by atoms with van der Waals surface area (Å²) < 4.78 is 5.28. The molecule has 0 aromatic carbocycles. The van der Waals surface area contributed by atoms with Crippen LogP contribution in [-0.2, 0) is 9.53 Å². The third-order valence-corrected chi connectivity index (χ3v) is 2.67. The number of rotatable bonds is 0. The van der Waals surface area contributed by atoms with Crippen LogP contribution in [0.4, 0.5) is 0 Å². The van der Waals surface area contributed by atoms with E-state index in [1.807, 2.05) is 4.90 Å². The molecule has 0 aromatic rings. The second kappa shape index (κ2) is 3.03. The first-order chi connectivity index (χ1) is 5.79. The van der Waals surface area contributed by atoms with Crippen molar-refractivity contribution in [2.24, 2.45) is 5.73 Å². The van der Waals surface area contributed by atoms with Crippen LogP contribution < -0.4 is 5.73 Å². The predicted octanol–water partition coefficient (Wildman–Crippen LogP) is -0.665. The maximum Gasteiger partial charge on any atom is 0.223 e. The van der Waals surface area contributed by atoms with Gasteiger partial charge >= 0.3 is 0 Å². The van der Waals surface area contributed by atoms with E-state index in [1.165, 1.54) is 0 Å². The number of piperidine rings is 1. The van der Waals surface area contributed by atoms with Crippen LogP contribution >= 0.6 is 0 Å². The molecule has 0 spiro atoms. The zero-order chi connectivity index (χ0) is 8.55. The van der Waals surface area contributed by atoms with Gasteiger partial charge in [0.1, 0.15) is 0 Å². The van der Waals surface area contributed by atoms with Crippen molar-refractivity contribution in [3.63, 3.8) is 0 Å². The molecule has 1 amide bonds. The van der Waals surface area contributed by atoms with E-state index in [4.69, 9.17) is 10.5 Å². The Morgan fingerprint density at radius 2 is 2.42 bits per heavy atom. The number of morpholine rings is 1. The molecule has 2 rings (SSSR count). The van der Waals surface area contributed by atoms with Gasteiger partial charge in [0.2, 0.25) is 5.91 Å². The van der Waals surface area contributed by atoms with Gasteiger partial charge < -0.3 is 15.4 Å². The number of amides is 1. The molecular weight excluding hydrogens is 156 g/mol. The number of ether oxygens (including phenoxy) is 1. The topological polar surface area (TPSA) is 55.6 Å². The second-order valence-corrected chi connectivity index (χ2v) is 3.43. The van der Waals surface area contributed by atoms with Crippen LogP contribution in [0, 0.1) is 0 Å². The molecule has 4 heteroatoms. The first-order valence-corrected chi connectivity index (χ1v) is 4.42. The van der Waals surface area contributed by atoms with Crippen LogP contribution in [0.3, 0.4) is 0 Å². The molecule has 2 heterocycles. The minimum Gasteiger partial charge on any atom is -0.377 e. The van der Waals surface area contributed by atoms with Crippen LogP contribution in [0.5, 0.6) is 0 Å². The first-order valence-electron chi connectivity index (χ1n) is 4.42. The van der Waals surface area contributed by atoms with Gasteiger partial charge in [0.15, 0.2) is 0 Å². The Labute approximate surface area is 71.7 Å². The summed E-state index contributed by atoms with van der Waals surface area (Å²) in [5.41, 5.74) is 5.88. The van der Waals surface area contributed by atoms with Crippen LogP contribution in [0.1, 0.15) is 12.8 Å². The molecule has 4 nitrogen and oxygen atoms in total. The summed E-state index contributed by atoms with van der Waals surface area (Å²) in [7, 11) is 0. The van der Waals surface area contributed by atoms with Gasteiger partial charge in [0, 0.05) is 19.0 Å². The van der Waals surface area contributed by atoms with E-state index in [0.717, 1.165) is 13.0 Å². The summed E-state index contributed by atoms with van der Waals surface area (Å²) in [4.78, 5) is 13.3. The fourth-order valence-electron chi connectivity index (χ4n) is 1.91. The fourth-order valence-corrected chi connectivity index (χ4v) is 1.91. The van der Waals surface area contributed by atoms with Gasteiger partial charge in [0.25, 0.3) is 0 Å². The van der Waals surface area contributed by atoms with Crippen LogP contribution in [-0.4, -0.2) is 42.6 Å². The van der Waals surface area contributed by atoms with E-state index >= 15 is 0 Å². The zero-order valence-corrected chi connectivity index (χ0v) is 7.03. The van der Waals surface area contributed by atoms with E-state index in [1.54, 1.807) is 0 Å². The van der Waals surface area contributed by atoms with Gasteiger partial charge in [0.05, 0.1) is 19.3 Å². The molecule has 2 fully saturated rings. The number of hydrogen-bond acceptors (Lipinski definition) is 3. The maximum atomic E-state index is 11.4. The number of carbonyl (C=O) groups is 1. The molecule has 2 saturated heterocycles. The largest absolute Gasteiger partial charge is 0.377 e. The highest BCUT2D eigenvalue weighted by molar-refractivity contribution is 5.77. The lowest BCUT2D eigenvalue weighted by molar-refractivity contribution is -0.145. The molecule has 0 aromatic heterocycles. The van der Waals surface area contributed by atoms with E-state index in [0.29, 0.717) is 19.6 Å². The average molecular weight is 170 g/mol. The van der Waals surface area contributed by atoms with Gasteiger partial charge in [-0.2, -0.15) is 0 Å². The third kappa shape index (κ3) is 1.21. The summed E-state index contributed by atoms with van der Waals surface area (Å²) in [5, 5.41) is 0. The van der Waals surface area contributed by atoms with Crippen LogP contribution in [0.25, 0.3) is 0 Å². The summed E-state index contributed by atoms with van der Waals surface area (Å²) in [6.45, 7) is 2.00. The molecule has 0 bridgehead atoms. The molecule has 0 radical (unpaired) electrons. The van der Waals surface area contributed by atoms with Crippen molar-refractivity contribution in [2.45, 2.75) is 24.9 Å². The van der Waals surface area contributed by atoms with Crippen LogP contribution in [0.15, 0.2) is 0 Å². The Morgan fingerprint density at radius 1 is 1.58 bits per heavy atom. The van der Waals surface area contributed by atoms with E-state index in [2.05, 4.69) is 0 Å². The molecule has 68 valence electrons. The van der Waals surface area contributed by atoms with Gasteiger partial charge in [-0.3, -0.25) is 4.79 Å². The minimum atomic E-state index is 0.114. The molecule has 0 saturated carbocycles. The van der Waals surface area contributed by atoms with Crippen molar-refractivity contribution in [1.82, 2.24) is 4.90 Å². The summed E-state index contributed by atoms with van der Waals surface area (Å²) in [5.74, 6) is 0.241. The summed E-state index contributed by atoms with van der Waals surface area (Å²) in [6.07, 6.45) is 1.42. The quantitative estimate of drug-likeness (QED) is 0.525. The van der Waals surface area contributed by atoms with E-state index in [-0.39, 0.29) is 18.0 Å². The summed E-state index contributed by atoms with van der Waals surface area (Å²) >= 11 is 0. The molecule has 12 heavy (non-hydrogen) atoms. The molecule has 2 atom stereocenters. The Morgan fingerprint density at radius 3 is 3.17 bits per heavy atom. The number of carbonyl (C=O) groups excluding carboxylic acids is 1. The number of nitrogens with two attached hydrogens (primary N) is 1. The lowest BCUT2D eigenvalue weighted by atomic mass is 9.96. The molecule has 2 aliphatic heterocycles. The van der Waals surface area contributed by atoms with Crippen molar-refractivity contribution in [3.8, 4) is 0 Å². The highest BCUT2D eigenvalue weighted by Gasteiger charge is 2.35. The van der Waals surface area contributed by atoms with Crippen molar-refractivity contribution >= 4 is 5.91 Å². The molecular formula is C8H14N2O2. The van der Waals surface area contributed by atoms with Crippen molar-refractivity contribution in [1.29, 1.82) is 0 Å². The van der Waals surface area contributed by atoms with Crippen molar-refractivity contribution in [3.05, 3.63) is 0 Å². The van der Waals surface area contributed by atoms with Crippen molar-refractivity contribution in [2.75, 3.05) is 19.8 Å². The smallest absolute Gasteiger partial charge is 0.223 e. The standard InChI is InChI=1S/C8H14N2O2/c9-6-1-2-8(11)10-3-4-12-5-7(6)10/h6-7H,1-5,9H2. The minimum absolute atomic E-state index is 0.114. The molecule has 0 aliphatic carbocycles.